The second kappa shape index (κ2) is 4.59. The molecule has 90 valence electrons. The highest BCUT2D eigenvalue weighted by Crippen LogP contribution is 2.23. The van der Waals surface area contributed by atoms with Crippen molar-refractivity contribution in [2.75, 3.05) is 6.26 Å². The molecule has 0 bridgehead atoms. The standard InChI is InChI=1S/C13H10N2O2S/c1-18(16,17)12-4-2-10(3-5-12)13-6-7-15-9-11(13)8-14/h2-7,9H,1H3. The lowest BCUT2D eigenvalue weighted by atomic mass is 10.0. The van der Waals surface area contributed by atoms with Crippen LogP contribution < -0.4 is 0 Å². The van der Waals surface area contributed by atoms with Gasteiger partial charge < -0.3 is 0 Å². The molecule has 0 fully saturated rings. The SMILES string of the molecule is CS(=O)(=O)c1ccc(-c2ccncc2C#N)cc1. The van der Waals surface area contributed by atoms with Gasteiger partial charge in [0.2, 0.25) is 0 Å². The molecule has 0 unspecified atom stereocenters. The van der Waals surface area contributed by atoms with Gasteiger partial charge in [-0.15, -0.1) is 0 Å². The molecule has 0 aliphatic carbocycles. The third-order valence-corrected chi connectivity index (χ3v) is 3.66. The molecule has 18 heavy (non-hydrogen) atoms. The fraction of sp³-hybridized carbons (Fsp3) is 0.0769. The van der Waals surface area contributed by atoms with Crippen LogP contribution in [0.3, 0.4) is 0 Å². The molecule has 1 aromatic heterocycles. The average molecular weight is 258 g/mol. The predicted molar refractivity (Wildman–Crippen MR) is 67.5 cm³/mol. The maximum Gasteiger partial charge on any atom is 0.175 e. The molecule has 0 N–H and O–H groups in total. The van der Waals surface area contributed by atoms with Gasteiger partial charge in [0, 0.05) is 24.2 Å². The van der Waals surface area contributed by atoms with Crippen LogP contribution in [-0.2, 0) is 9.84 Å². The van der Waals surface area contributed by atoms with Gasteiger partial charge in [0.15, 0.2) is 9.84 Å². The van der Waals surface area contributed by atoms with Crippen LogP contribution in [0.25, 0.3) is 11.1 Å². The van der Waals surface area contributed by atoms with Crippen molar-refractivity contribution >= 4 is 9.84 Å². The minimum Gasteiger partial charge on any atom is -0.263 e. The van der Waals surface area contributed by atoms with Gasteiger partial charge in [0.1, 0.15) is 6.07 Å². The van der Waals surface area contributed by atoms with E-state index in [0.717, 1.165) is 17.4 Å². The quantitative estimate of drug-likeness (QED) is 0.826. The molecule has 4 nitrogen and oxygen atoms in total. The summed E-state index contributed by atoms with van der Waals surface area (Å²) in [5.41, 5.74) is 2.00. The molecule has 1 heterocycles. The molecule has 5 heteroatoms. The second-order valence-corrected chi connectivity index (χ2v) is 5.85. The summed E-state index contributed by atoms with van der Waals surface area (Å²) in [6.45, 7) is 0. The van der Waals surface area contributed by atoms with E-state index >= 15 is 0 Å². The molecule has 0 aliphatic rings. The first-order valence-corrected chi connectivity index (χ1v) is 7.06. The Balaban J connectivity index is 2.51. The fourth-order valence-electron chi connectivity index (χ4n) is 1.62. The van der Waals surface area contributed by atoms with Gasteiger partial charge in [-0.2, -0.15) is 5.26 Å². The normalized spacial score (nSPS) is 10.9. The Labute approximate surface area is 105 Å². The summed E-state index contributed by atoms with van der Waals surface area (Å²) in [4.78, 5) is 4.14. The van der Waals surface area contributed by atoms with E-state index in [1.165, 1.54) is 18.3 Å². The van der Waals surface area contributed by atoms with Crippen LogP contribution in [0.1, 0.15) is 5.56 Å². The van der Waals surface area contributed by atoms with Crippen molar-refractivity contribution in [2.24, 2.45) is 0 Å². The molecule has 0 atom stereocenters. The molecule has 2 aromatic rings. The third kappa shape index (κ3) is 2.39. The van der Waals surface area contributed by atoms with E-state index in [1.807, 2.05) is 0 Å². The summed E-state index contributed by atoms with van der Waals surface area (Å²) in [6.07, 6.45) is 4.25. The van der Waals surface area contributed by atoms with E-state index in [2.05, 4.69) is 11.1 Å². The Morgan fingerprint density at radius 1 is 1.17 bits per heavy atom. The van der Waals surface area contributed by atoms with E-state index in [1.54, 1.807) is 24.4 Å². The monoisotopic (exact) mass is 258 g/mol. The first kappa shape index (κ1) is 12.3. The summed E-state index contributed by atoms with van der Waals surface area (Å²) < 4.78 is 22.7. The first-order valence-electron chi connectivity index (χ1n) is 5.17. The molecular weight excluding hydrogens is 248 g/mol. The fourth-order valence-corrected chi connectivity index (χ4v) is 2.25. The number of nitrogens with zero attached hydrogens (tertiary/aromatic N) is 2. The van der Waals surface area contributed by atoms with Crippen molar-refractivity contribution in [1.82, 2.24) is 4.98 Å². The zero-order chi connectivity index (χ0) is 13.2. The molecule has 1 aromatic carbocycles. The first-order chi connectivity index (χ1) is 8.52. The van der Waals surface area contributed by atoms with Gasteiger partial charge in [-0.1, -0.05) is 12.1 Å². The molecular formula is C13H10N2O2S. The molecule has 0 saturated heterocycles. The zero-order valence-electron chi connectivity index (χ0n) is 9.66. The van der Waals surface area contributed by atoms with Crippen LogP contribution in [-0.4, -0.2) is 19.7 Å². The van der Waals surface area contributed by atoms with Gasteiger partial charge >= 0.3 is 0 Å². The predicted octanol–water partition coefficient (Wildman–Crippen LogP) is 2.02. The van der Waals surface area contributed by atoms with E-state index < -0.39 is 9.84 Å². The minimum atomic E-state index is -3.19. The van der Waals surface area contributed by atoms with Crippen molar-refractivity contribution in [1.29, 1.82) is 5.26 Å². The highest BCUT2D eigenvalue weighted by Gasteiger charge is 2.08. The van der Waals surface area contributed by atoms with Crippen LogP contribution in [0.2, 0.25) is 0 Å². The van der Waals surface area contributed by atoms with E-state index in [9.17, 15) is 8.42 Å². The molecule has 0 radical (unpaired) electrons. The molecule has 2 rings (SSSR count). The maximum absolute atomic E-state index is 11.3. The van der Waals surface area contributed by atoms with Crippen molar-refractivity contribution in [2.45, 2.75) is 4.90 Å². The second-order valence-electron chi connectivity index (χ2n) is 3.83. The van der Waals surface area contributed by atoms with Crippen molar-refractivity contribution < 1.29 is 8.42 Å². The number of hydrogen-bond donors (Lipinski definition) is 0. The van der Waals surface area contributed by atoms with Crippen molar-refractivity contribution in [3.63, 3.8) is 0 Å². The third-order valence-electron chi connectivity index (χ3n) is 2.53. The van der Waals surface area contributed by atoms with Gasteiger partial charge in [0.25, 0.3) is 0 Å². The molecule has 0 aliphatic heterocycles. The summed E-state index contributed by atoms with van der Waals surface area (Å²) in [7, 11) is -3.19. The summed E-state index contributed by atoms with van der Waals surface area (Å²) in [6, 6.07) is 10.2. The van der Waals surface area contributed by atoms with Crippen molar-refractivity contribution in [3.8, 4) is 17.2 Å². The van der Waals surface area contributed by atoms with E-state index in [0.29, 0.717) is 5.56 Å². The number of nitriles is 1. The molecule has 0 amide bonds. The lowest BCUT2D eigenvalue weighted by molar-refractivity contribution is 0.602. The Kier molecular flexibility index (Phi) is 3.13. The van der Waals surface area contributed by atoms with Crippen LogP contribution in [0.15, 0.2) is 47.6 Å². The van der Waals surface area contributed by atoms with Gasteiger partial charge in [-0.3, -0.25) is 4.98 Å². The summed E-state index contributed by atoms with van der Waals surface area (Å²) in [5.74, 6) is 0. The lowest BCUT2D eigenvalue weighted by Gasteiger charge is -2.04. The van der Waals surface area contributed by atoms with Gasteiger partial charge in [0.05, 0.1) is 10.5 Å². The Morgan fingerprint density at radius 3 is 2.39 bits per heavy atom. The van der Waals surface area contributed by atoms with Gasteiger partial charge in [-0.05, 0) is 23.8 Å². The number of hydrogen-bond acceptors (Lipinski definition) is 4. The summed E-state index contributed by atoms with van der Waals surface area (Å²) >= 11 is 0. The van der Waals surface area contributed by atoms with Gasteiger partial charge in [-0.25, -0.2) is 8.42 Å². The Bertz CT molecular complexity index is 713. The minimum absolute atomic E-state index is 0.263. The van der Waals surface area contributed by atoms with Crippen LogP contribution >= 0.6 is 0 Å². The number of aromatic nitrogens is 1. The Morgan fingerprint density at radius 2 is 1.83 bits per heavy atom. The van der Waals surface area contributed by atoms with E-state index in [-0.39, 0.29) is 4.90 Å². The lowest BCUT2D eigenvalue weighted by Crippen LogP contribution is -1.96. The maximum atomic E-state index is 11.3. The number of rotatable bonds is 2. The van der Waals surface area contributed by atoms with E-state index in [4.69, 9.17) is 5.26 Å². The zero-order valence-corrected chi connectivity index (χ0v) is 10.5. The highest BCUT2D eigenvalue weighted by atomic mass is 32.2. The summed E-state index contributed by atoms with van der Waals surface area (Å²) in [5, 5.41) is 8.98. The Hall–Kier alpha value is -2.19. The van der Waals surface area contributed by atoms with Crippen molar-refractivity contribution in [3.05, 3.63) is 48.3 Å². The molecule has 0 spiro atoms. The largest absolute Gasteiger partial charge is 0.263 e. The smallest absolute Gasteiger partial charge is 0.175 e. The van der Waals surface area contributed by atoms with Crippen LogP contribution in [0.5, 0.6) is 0 Å². The molecule has 0 saturated carbocycles. The number of sulfone groups is 1. The van der Waals surface area contributed by atoms with Crippen LogP contribution in [0, 0.1) is 11.3 Å². The number of benzene rings is 1. The topological polar surface area (TPSA) is 70.8 Å². The average Bonchev–Trinajstić information content (AvgIpc) is 2.38. The van der Waals surface area contributed by atoms with Crippen LogP contribution in [0.4, 0.5) is 0 Å². The highest BCUT2D eigenvalue weighted by molar-refractivity contribution is 7.90. The number of pyridine rings is 1.